The zero-order valence-electron chi connectivity index (χ0n) is 19.9. The molecule has 1 aliphatic heterocycles. The van der Waals surface area contributed by atoms with Crippen molar-refractivity contribution < 1.29 is 14.2 Å². The van der Waals surface area contributed by atoms with E-state index < -0.39 is 0 Å². The van der Waals surface area contributed by atoms with Crippen molar-refractivity contribution in [3.05, 3.63) is 90.5 Å². The van der Waals surface area contributed by atoms with Crippen molar-refractivity contribution >= 4 is 10.8 Å². The monoisotopic (exact) mass is 453 g/mol. The van der Waals surface area contributed by atoms with Crippen LogP contribution in [0.2, 0.25) is 0 Å². The second kappa shape index (κ2) is 10.2. The molecule has 1 heterocycles. The van der Waals surface area contributed by atoms with Gasteiger partial charge >= 0.3 is 0 Å². The molecule has 174 valence electrons. The fraction of sp³-hybridized carbons (Fsp3) is 0.267. The first-order chi connectivity index (χ1) is 16.7. The minimum atomic E-state index is 0.232. The Morgan fingerprint density at radius 3 is 2.35 bits per heavy atom. The van der Waals surface area contributed by atoms with Crippen molar-refractivity contribution in [2.75, 3.05) is 27.3 Å². The van der Waals surface area contributed by atoms with Crippen LogP contribution in [0.4, 0.5) is 0 Å². The van der Waals surface area contributed by atoms with E-state index in [1.807, 2.05) is 30.3 Å². The Morgan fingerprint density at radius 1 is 0.735 bits per heavy atom. The minimum Gasteiger partial charge on any atom is -0.497 e. The number of benzene rings is 4. The molecule has 5 rings (SSSR count). The lowest BCUT2D eigenvalue weighted by Crippen LogP contribution is -2.37. The van der Waals surface area contributed by atoms with Crippen molar-refractivity contribution in [2.24, 2.45) is 0 Å². The Kier molecular flexibility index (Phi) is 6.68. The van der Waals surface area contributed by atoms with Gasteiger partial charge in [0.25, 0.3) is 0 Å². The molecule has 1 fully saturated rings. The number of piperidine rings is 1. The van der Waals surface area contributed by atoms with Crippen molar-refractivity contribution in [3.8, 4) is 28.4 Å². The van der Waals surface area contributed by atoms with Gasteiger partial charge in [0.2, 0.25) is 0 Å². The molecule has 0 bridgehead atoms. The van der Waals surface area contributed by atoms with Crippen LogP contribution in [-0.2, 0) is 6.54 Å². The molecule has 34 heavy (non-hydrogen) atoms. The first kappa shape index (κ1) is 22.3. The lowest BCUT2D eigenvalue weighted by atomic mass is 10.0. The lowest BCUT2D eigenvalue weighted by molar-refractivity contribution is 0.0969. The van der Waals surface area contributed by atoms with E-state index in [9.17, 15) is 0 Å². The SMILES string of the molecule is COc1ccc(OC)c(-c2cccc(OC3CCN(Cc4ccc5ccccc5c4)CC3)c2)c1. The van der Waals surface area contributed by atoms with Crippen LogP contribution >= 0.6 is 0 Å². The second-order valence-electron chi connectivity index (χ2n) is 8.87. The molecule has 1 aliphatic rings. The van der Waals surface area contributed by atoms with Gasteiger partial charge in [0.15, 0.2) is 0 Å². The molecule has 0 atom stereocenters. The van der Waals surface area contributed by atoms with Gasteiger partial charge in [-0.05, 0) is 71.1 Å². The molecule has 4 nitrogen and oxygen atoms in total. The Hall–Kier alpha value is -3.50. The third-order valence-corrected chi connectivity index (χ3v) is 6.61. The van der Waals surface area contributed by atoms with Gasteiger partial charge in [-0.2, -0.15) is 0 Å². The van der Waals surface area contributed by atoms with Crippen LogP contribution in [0.1, 0.15) is 18.4 Å². The van der Waals surface area contributed by atoms with Gasteiger partial charge in [-0.1, -0.05) is 48.5 Å². The highest BCUT2D eigenvalue weighted by Crippen LogP contribution is 2.35. The number of methoxy groups -OCH3 is 2. The van der Waals surface area contributed by atoms with E-state index in [1.165, 1.54) is 16.3 Å². The normalized spacial score (nSPS) is 14.8. The molecule has 0 N–H and O–H groups in total. The van der Waals surface area contributed by atoms with E-state index in [-0.39, 0.29) is 6.10 Å². The topological polar surface area (TPSA) is 30.9 Å². The summed E-state index contributed by atoms with van der Waals surface area (Å²) in [7, 11) is 3.37. The molecule has 0 unspecified atom stereocenters. The Balaban J connectivity index is 1.21. The van der Waals surface area contributed by atoms with E-state index in [4.69, 9.17) is 14.2 Å². The molecule has 0 amide bonds. The molecule has 0 aromatic heterocycles. The number of nitrogens with zero attached hydrogens (tertiary/aromatic N) is 1. The fourth-order valence-corrected chi connectivity index (χ4v) is 4.75. The van der Waals surface area contributed by atoms with Crippen LogP contribution in [0, 0.1) is 0 Å². The van der Waals surface area contributed by atoms with E-state index in [0.717, 1.165) is 60.9 Å². The largest absolute Gasteiger partial charge is 0.497 e. The summed E-state index contributed by atoms with van der Waals surface area (Å²) in [5.74, 6) is 2.52. The zero-order valence-corrected chi connectivity index (χ0v) is 19.9. The Bertz CT molecular complexity index is 1260. The van der Waals surface area contributed by atoms with E-state index in [1.54, 1.807) is 14.2 Å². The first-order valence-corrected chi connectivity index (χ1v) is 11.9. The first-order valence-electron chi connectivity index (χ1n) is 11.9. The predicted octanol–water partition coefficient (Wildman–Crippen LogP) is 6.57. The maximum absolute atomic E-state index is 6.40. The van der Waals surface area contributed by atoms with Gasteiger partial charge in [0.05, 0.1) is 14.2 Å². The van der Waals surface area contributed by atoms with Crippen LogP contribution in [0.3, 0.4) is 0 Å². The van der Waals surface area contributed by atoms with E-state index >= 15 is 0 Å². The number of hydrogen-bond donors (Lipinski definition) is 0. The smallest absolute Gasteiger partial charge is 0.126 e. The average Bonchev–Trinajstić information content (AvgIpc) is 2.89. The average molecular weight is 454 g/mol. The predicted molar refractivity (Wildman–Crippen MR) is 138 cm³/mol. The number of fused-ring (bicyclic) bond motifs is 1. The number of likely N-dealkylation sites (tertiary alicyclic amines) is 1. The number of rotatable bonds is 7. The molecule has 1 saturated heterocycles. The summed E-state index contributed by atoms with van der Waals surface area (Å²) >= 11 is 0. The van der Waals surface area contributed by atoms with Crippen LogP contribution in [-0.4, -0.2) is 38.3 Å². The minimum absolute atomic E-state index is 0.232. The molecule has 0 saturated carbocycles. The highest BCUT2D eigenvalue weighted by atomic mass is 16.5. The van der Waals surface area contributed by atoms with Crippen LogP contribution in [0.15, 0.2) is 84.9 Å². The van der Waals surface area contributed by atoms with Gasteiger partial charge in [-0.25, -0.2) is 0 Å². The van der Waals surface area contributed by atoms with Crippen LogP contribution in [0.5, 0.6) is 17.2 Å². The molecular formula is C30H31NO3. The fourth-order valence-electron chi connectivity index (χ4n) is 4.75. The van der Waals surface area contributed by atoms with Gasteiger partial charge < -0.3 is 14.2 Å². The van der Waals surface area contributed by atoms with Gasteiger partial charge in [0.1, 0.15) is 23.4 Å². The summed E-state index contributed by atoms with van der Waals surface area (Å²) in [5, 5.41) is 2.61. The second-order valence-corrected chi connectivity index (χ2v) is 8.87. The standard InChI is InChI=1S/C30H31NO3/c1-32-27-12-13-30(33-2)29(20-27)25-8-5-9-28(19-25)34-26-14-16-31(17-15-26)21-22-10-11-23-6-3-4-7-24(23)18-22/h3-13,18-20,26H,14-17,21H2,1-2H3. The molecular weight excluding hydrogens is 422 g/mol. The van der Waals surface area contributed by atoms with Gasteiger partial charge in [-0.3, -0.25) is 4.90 Å². The van der Waals surface area contributed by atoms with E-state index in [0.29, 0.717) is 0 Å². The summed E-state index contributed by atoms with van der Waals surface area (Å²) in [6.45, 7) is 3.07. The van der Waals surface area contributed by atoms with Crippen LogP contribution < -0.4 is 14.2 Å². The molecule has 0 aliphatic carbocycles. The third-order valence-electron chi connectivity index (χ3n) is 6.61. The quantitative estimate of drug-likeness (QED) is 0.317. The highest BCUT2D eigenvalue weighted by molar-refractivity contribution is 5.83. The van der Waals surface area contributed by atoms with Crippen molar-refractivity contribution in [1.82, 2.24) is 4.90 Å². The Morgan fingerprint density at radius 2 is 1.56 bits per heavy atom. The molecule has 0 spiro atoms. The summed E-state index contributed by atoms with van der Waals surface area (Å²) in [5.41, 5.74) is 3.43. The summed E-state index contributed by atoms with van der Waals surface area (Å²) in [6.07, 6.45) is 2.29. The maximum Gasteiger partial charge on any atom is 0.126 e. The number of hydrogen-bond acceptors (Lipinski definition) is 4. The van der Waals surface area contributed by atoms with E-state index in [2.05, 4.69) is 59.5 Å². The maximum atomic E-state index is 6.40. The zero-order chi connectivity index (χ0) is 23.3. The molecule has 0 radical (unpaired) electrons. The third kappa shape index (κ3) is 5.02. The summed E-state index contributed by atoms with van der Waals surface area (Å²) in [4.78, 5) is 2.53. The molecule has 4 heteroatoms. The van der Waals surface area contributed by atoms with Crippen LogP contribution in [0.25, 0.3) is 21.9 Å². The van der Waals surface area contributed by atoms with Crippen molar-refractivity contribution in [3.63, 3.8) is 0 Å². The number of ether oxygens (including phenoxy) is 3. The van der Waals surface area contributed by atoms with Gasteiger partial charge in [0, 0.05) is 25.2 Å². The van der Waals surface area contributed by atoms with Gasteiger partial charge in [-0.15, -0.1) is 0 Å². The lowest BCUT2D eigenvalue weighted by Gasteiger charge is -2.32. The Labute approximate surface area is 201 Å². The molecule has 4 aromatic carbocycles. The summed E-state index contributed by atoms with van der Waals surface area (Å²) < 4.78 is 17.4. The molecule has 4 aromatic rings. The van der Waals surface area contributed by atoms with Crippen molar-refractivity contribution in [2.45, 2.75) is 25.5 Å². The summed E-state index contributed by atoms with van der Waals surface area (Å²) in [6, 6.07) is 29.5. The van der Waals surface area contributed by atoms with Crippen molar-refractivity contribution in [1.29, 1.82) is 0 Å². The highest BCUT2D eigenvalue weighted by Gasteiger charge is 2.21.